The zero-order chi connectivity index (χ0) is 13.2. The van der Waals surface area contributed by atoms with Gasteiger partial charge in [0, 0.05) is 23.7 Å². The molecule has 104 valence electrons. The first-order chi connectivity index (χ1) is 9.22. The third-order valence-corrected chi connectivity index (χ3v) is 4.83. The van der Waals surface area contributed by atoms with Crippen LogP contribution in [0.3, 0.4) is 0 Å². The van der Waals surface area contributed by atoms with Crippen molar-refractivity contribution in [2.24, 2.45) is 0 Å². The highest BCUT2D eigenvalue weighted by Gasteiger charge is 2.31. The number of rotatable bonds is 4. The molecule has 3 heteroatoms. The molecule has 1 saturated heterocycles. The highest BCUT2D eigenvalue weighted by atomic mass is 35.5. The molecular weight excluding hydrogens is 256 g/mol. The van der Waals surface area contributed by atoms with Gasteiger partial charge in [0.15, 0.2) is 0 Å². The van der Waals surface area contributed by atoms with E-state index in [1.165, 1.54) is 44.3 Å². The third kappa shape index (κ3) is 3.50. The van der Waals surface area contributed by atoms with Gasteiger partial charge in [0.05, 0.1) is 0 Å². The summed E-state index contributed by atoms with van der Waals surface area (Å²) >= 11 is 6.16. The van der Waals surface area contributed by atoms with Crippen LogP contribution in [0.15, 0.2) is 18.2 Å². The lowest BCUT2D eigenvalue weighted by Crippen LogP contribution is -2.43. The summed E-state index contributed by atoms with van der Waals surface area (Å²) in [4.78, 5) is 2.67. The molecule has 0 spiro atoms. The number of aryl methyl sites for hydroxylation is 1. The van der Waals surface area contributed by atoms with Gasteiger partial charge >= 0.3 is 0 Å². The van der Waals surface area contributed by atoms with E-state index in [9.17, 15) is 0 Å². The SMILES string of the molecule is Cc1ccc(CNC2CCN(C3CC3)CC2)cc1Cl. The average Bonchev–Trinajstić information content (AvgIpc) is 3.25. The molecule has 1 heterocycles. The maximum absolute atomic E-state index is 6.16. The monoisotopic (exact) mass is 278 g/mol. The number of hydrogen-bond donors (Lipinski definition) is 1. The molecule has 2 aliphatic rings. The molecule has 0 bridgehead atoms. The molecule has 1 N–H and O–H groups in total. The number of likely N-dealkylation sites (tertiary alicyclic amines) is 1. The summed E-state index contributed by atoms with van der Waals surface area (Å²) in [5.41, 5.74) is 2.45. The van der Waals surface area contributed by atoms with Gasteiger partial charge in [-0.05, 0) is 62.9 Å². The van der Waals surface area contributed by atoms with Gasteiger partial charge in [0.1, 0.15) is 0 Å². The van der Waals surface area contributed by atoms with Gasteiger partial charge in [-0.15, -0.1) is 0 Å². The van der Waals surface area contributed by atoms with Gasteiger partial charge in [-0.25, -0.2) is 0 Å². The summed E-state index contributed by atoms with van der Waals surface area (Å²) < 4.78 is 0. The predicted octanol–water partition coefficient (Wildman–Crippen LogP) is 3.36. The van der Waals surface area contributed by atoms with Gasteiger partial charge in [-0.3, -0.25) is 0 Å². The molecule has 0 atom stereocenters. The fourth-order valence-corrected chi connectivity index (χ4v) is 3.12. The summed E-state index contributed by atoms with van der Waals surface area (Å²) in [6.45, 7) is 5.54. The minimum atomic E-state index is 0.676. The fraction of sp³-hybridized carbons (Fsp3) is 0.625. The van der Waals surface area contributed by atoms with Crippen LogP contribution in [0.1, 0.15) is 36.8 Å². The van der Waals surface area contributed by atoms with Gasteiger partial charge in [-0.1, -0.05) is 23.7 Å². The number of halogens is 1. The quantitative estimate of drug-likeness (QED) is 0.908. The van der Waals surface area contributed by atoms with Crippen LogP contribution in [0.4, 0.5) is 0 Å². The molecule has 19 heavy (non-hydrogen) atoms. The molecule has 0 radical (unpaired) electrons. The minimum absolute atomic E-state index is 0.676. The maximum Gasteiger partial charge on any atom is 0.0438 e. The molecule has 3 rings (SSSR count). The van der Waals surface area contributed by atoms with Crippen LogP contribution in [0.5, 0.6) is 0 Å². The van der Waals surface area contributed by atoms with Crippen molar-refractivity contribution in [1.82, 2.24) is 10.2 Å². The van der Waals surface area contributed by atoms with Crippen molar-refractivity contribution in [3.05, 3.63) is 34.3 Å². The van der Waals surface area contributed by atoms with E-state index < -0.39 is 0 Å². The Morgan fingerprint density at radius 2 is 1.95 bits per heavy atom. The van der Waals surface area contributed by atoms with Crippen molar-refractivity contribution in [3.8, 4) is 0 Å². The van der Waals surface area contributed by atoms with Crippen molar-refractivity contribution in [3.63, 3.8) is 0 Å². The van der Waals surface area contributed by atoms with Crippen molar-refractivity contribution in [2.75, 3.05) is 13.1 Å². The molecule has 1 aliphatic carbocycles. The van der Waals surface area contributed by atoms with E-state index in [1.54, 1.807) is 0 Å². The summed E-state index contributed by atoms with van der Waals surface area (Å²) in [6, 6.07) is 7.97. The fourth-order valence-electron chi connectivity index (χ4n) is 2.92. The largest absolute Gasteiger partial charge is 0.310 e. The molecule has 1 saturated carbocycles. The number of nitrogens with zero attached hydrogens (tertiary/aromatic N) is 1. The predicted molar refractivity (Wildman–Crippen MR) is 80.6 cm³/mol. The first-order valence-electron chi connectivity index (χ1n) is 7.45. The Morgan fingerprint density at radius 3 is 2.58 bits per heavy atom. The molecule has 0 amide bonds. The van der Waals surface area contributed by atoms with Crippen LogP contribution in [0, 0.1) is 6.92 Å². The molecule has 0 unspecified atom stereocenters. The Bertz CT molecular complexity index is 434. The van der Waals surface area contributed by atoms with Crippen LogP contribution in [-0.2, 0) is 6.54 Å². The van der Waals surface area contributed by atoms with Crippen LogP contribution < -0.4 is 5.32 Å². The van der Waals surface area contributed by atoms with Gasteiger partial charge in [-0.2, -0.15) is 0 Å². The Balaban J connectivity index is 1.45. The molecule has 2 nitrogen and oxygen atoms in total. The number of benzene rings is 1. The van der Waals surface area contributed by atoms with E-state index in [4.69, 9.17) is 11.6 Å². The van der Waals surface area contributed by atoms with E-state index in [2.05, 4.69) is 28.4 Å². The highest BCUT2D eigenvalue weighted by molar-refractivity contribution is 6.31. The Labute approximate surface area is 121 Å². The lowest BCUT2D eigenvalue weighted by Gasteiger charge is -2.32. The zero-order valence-corrected chi connectivity index (χ0v) is 12.4. The molecule has 1 aromatic rings. The molecule has 2 fully saturated rings. The zero-order valence-electron chi connectivity index (χ0n) is 11.7. The lowest BCUT2D eigenvalue weighted by molar-refractivity contribution is 0.189. The summed E-state index contributed by atoms with van der Waals surface area (Å²) in [5.74, 6) is 0. The Hall–Kier alpha value is -0.570. The second-order valence-electron chi connectivity index (χ2n) is 6.01. The van der Waals surface area contributed by atoms with Crippen molar-refractivity contribution >= 4 is 11.6 Å². The second-order valence-corrected chi connectivity index (χ2v) is 6.41. The maximum atomic E-state index is 6.16. The molecule has 0 aromatic heterocycles. The molecule has 1 aliphatic heterocycles. The van der Waals surface area contributed by atoms with Crippen LogP contribution >= 0.6 is 11.6 Å². The van der Waals surface area contributed by atoms with Crippen molar-refractivity contribution < 1.29 is 0 Å². The normalized spacial score (nSPS) is 21.8. The topological polar surface area (TPSA) is 15.3 Å². The van der Waals surface area contributed by atoms with E-state index in [0.717, 1.165) is 23.2 Å². The average molecular weight is 279 g/mol. The standard InChI is InChI=1S/C16H23ClN2/c1-12-2-3-13(10-16(12)17)11-18-14-6-8-19(9-7-14)15-4-5-15/h2-3,10,14-15,18H,4-9,11H2,1H3. The number of piperidine rings is 1. The minimum Gasteiger partial charge on any atom is -0.310 e. The summed E-state index contributed by atoms with van der Waals surface area (Å²) in [5, 5.41) is 4.56. The van der Waals surface area contributed by atoms with Crippen LogP contribution in [0.2, 0.25) is 5.02 Å². The Morgan fingerprint density at radius 1 is 1.21 bits per heavy atom. The smallest absolute Gasteiger partial charge is 0.0438 e. The lowest BCUT2D eigenvalue weighted by atomic mass is 10.0. The summed E-state index contributed by atoms with van der Waals surface area (Å²) in [7, 11) is 0. The molecular formula is C16H23ClN2. The van der Waals surface area contributed by atoms with E-state index in [-0.39, 0.29) is 0 Å². The summed E-state index contributed by atoms with van der Waals surface area (Å²) in [6.07, 6.45) is 5.44. The van der Waals surface area contributed by atoms with Gasteiger partial charge in [0.2, 0.25) is 0 Å². The second kappa shape index (κ2) is 5.82. The van der Waals surface area contributed by atoms with Gasteiger partial charge < -0.3 is 10.2 Å². The number of nitrogens with one attached hydrogen (secondary N) is 1. The first-order valence-corrected chi connectivity index (χ1v) is 7.82. The number of hydrogen-bond acceptors (Lipinski definition) is 2. The van der Waals surface area contributed by atoms with Crippen molar-refractivity contribution in [1.29, 1.82) is 0 Å². The highest BCUT2D eigenvalue weighted by Crippen LogP contribution is 2.29. The van der Waals surface area contributed by atoms with Crippen molar-refractivity contribution in [2.45, 2.75) is 51.2 Å². The Kier molecular flexibility index (Phi) is 4.11. The molecule has 1 aromatic carbocycles. The van der Waals surface area contributed by atoms with Gasteiger partial charge in [0.25, 0.3) is 0 Å². The first kappa shape index (κ1) is 13.4. The third-order valence-electron chi connectivity index (χ3n) is 4.42. The van der Waals surface area contributed by atoms with E-state index in [1.807, 2.05) is 6.92 Å². The van der Waals surface area contributed by atoms with Crippen LogP contribution in [0.25, 0.3) is 0 Å². The van der Waals surface area contributed by atoms with E-state index in [0.29, 0.717) is 6.04 Å². The van der Waals surface area contributed by atoms with Crippen LogP contribution in [-0.4, -0.2) is 30.1 Å². The van der Waals surface area contributed by atoms with E-state index >= 15 is 0 Å².